The number of nitrogens with zero attached hydrogens (tertiary/aromatic N) is 3. The highest BCUT2D eigenvalue weighted by molar-refractivity contribution is 5.75. The molecule has 0 atom stereocenters. The van der Waals surface area contributed by atoms with Crippen LogP contribution in [0.3, 0.4) is 0 Å². The van der Waals surface area contributed by atoms with Gasteiger partial charge in [-0.25, -0.2) is 4.79 Å². The van der Waals surface area contributed by atoms with E-state index >= 15 is 0 Å². The summed E-state index contributed by atoms with van der Waals surface area (Å²) in [7, 11) is 0. The van der Waals surface area contributed by atoms with Crippen molar-refractivity contribution >= 4 is 6.03 Å². The van der Waals surface area contributed by atoms with Gasteiger partial charge in [-0.1, -0.05) is 0 Å². The SMILES string of the molecule is N#CCNC(=O)n1cccn1. The molecule has 1 amide bonds. The number of aromatic nitrogens is 2. The number of carbonyl (C=O) groups is 1. The summed E-state index contributed by atoms with van der Waals surface area (Å²) in [5, 5.41) is 14.1. The zero-order valence-electron chi connectivity index (χ0n) is 5.69. The molecule has 1 rings (SSSR count). The van der Waals surface area contributed by atoms with Crippen LogP contribution in [0.1, 0.15) is 0 Å². The van der Waals surface area contributed by atoms with Gasteiger partial charge in [-0.3, -0.25) is 0 Å². The van der Waals surface area contributed by atoms with Crippen LogP contribution in [0.4, 0.5) is 4.79 Å². The average Bonchev–Trinajstić information content (AvgIpc) is 2.52. The van der Waals surface area contributed by atoms with Crippen molar-refractivity contribution in [2.75, 3.05) is 6.54 Å². The number of nitriles is 1. The molecule has 0 aromatic carbocycles. The Bertz CT molecular complexity index is 271. The molecular weight excluding hydrogens is 144 g/mol. The van der Waals surface area contributed by atoms with Crippen LogP contribution >= 0.6 is 0 Å². The van der Waals surface area contributed by atoms with E-state index in [1.54, 1.807) is 12.1 Å². The molecule has 5 nitrogen and oxygen atoms in total. The van der Waals surface area contributed by atoms with Gasteiger partial charge >= 0.3 is 6.03 Å². The van der Waals surface area contributed by atoms with E-state index < -0.39 is 6.03 Å². The summed E-state index contributed by atoms with van der Waals surface area (Å²) in [5.41, 5.74) is 0. The second-order valence-corrected chi connectivity index (χ2v) is 1.77. The lowest BCUT2D eigenvalue weighted by Gasteiger charge is -1.97. The lowest BCUT2D eigenvalue weighted by atomic mass is 10.7. The Balaban J connectivity index is 2.51. The van der Waals surface area contributed by atoms with E-state index in [0.717, 1.165) is 4.68 Å². The van der Waals surface area contributed by atoms with Crippen molar-refractivity contribution in [2.24, 2.45) is 0 Å². The van der Waals surface area contributed by atoms with Crippen LogP contribution in [0, 0.1) is 11.3 Å². The van der Waals surface area contributed by atoms with E-state index in [4.69, 9.17) is 5.26 Å². The molecule has 0 unspecified atom stereocenters. The van der Waals surface area contributed by atoms with Crippen LogP contribution < -0.4 is 5.32 Å². The third kappa shape index (κ3) is 1.79. The molecule has 0 fully saturated rings. The van der Waals surface area contributed by atoms with E-state index in [0.29, 0.717) is 0 Å². The van der Waals surface area contributed by atoms with Crippen LogP contribution in [-0.2, 0) is 0 Å². The number of rotatable bonds is 1. The van der Waals surface area contributed by atoms with Crippen LogP contribution in [0.5, 0.6) is 0 Å². The van der Waals surface area contributed by atoms with Crippen molar-refractivity contribution in [1.82, 2.24) is 15.1 Å². The third-order valence-electron chi connectivity index (χ3n) is 1.03. The molecule has 1 aromatic heterocycles. The summed E-state index contributed by atoms with van der Waals surface area (Å²) in [6, 6.07) is 3.03. The number of carbonyl (C=O) groups excluding carboxylic acids is 1. The first-order valence-electron chi connectivity index (χ1n) is 2.99. The van der Waals surface area contributed by atoms with Gasteiger partial charge in [-0.2, -0.15) is 15.0 Å². The lowest BCUT2D eigenvalue weighted by molar-refractivity contribution is 0.240. The lowest BCUT2D eigenvalue weighted by Crippen LogP contribution is -2.28. The molecule has 0 aliphatic carbocycles. The van der Waals surface area contributed by atoms with Gasteiger partial charge in [0.15, 0.2) is 0 Å². The molecule has 0 saturated carbocycles. The normalized spacial score (nSPS) is 8.64. The van der Waals surface area contributed by atoms with Crippen molar-refractivity contribution in [3.05, 3.63) is 18.5 Å². The van der Waals surface area contributed by atoms with Crippen molar-refractivity contribution in [2.45, 2.75) is 0 Å². The van der Waals surface area contributed by atoms with Crippen LogP contribution in [0.2, 0.25) is 0 Å². The van der Waals surface area contributed by atoms with E-state index in [9.17, 15) is 4.79 Å². The van der Waals surface area contributed by atoms with Gasteiger partial charge in [0, 0.05) is 12.4 Å². The fourth-order valence-corrected chi connectivity index (χ4v) is 0.585. The number of amides is 1. The molecule has 0 spiro atoms. The first-order valence-corrected chi connectivity index (χ1v) is 2.99. The maximum Gasteiger partial charge on any atom is 0.342 e. The molecule has 0 aliphatic rings. The van der Waals surface area contributed by atoms with Gasteiger partial charge in [-0.05, 0) is 6.07 Å². The van der Waals surface area contributed by atoms with Crippen molar-refractivity contribution in [1.29, 1.82) is 5.26 Å². The molecule has 1 heterocycles. The number of nitrogens with one attached hydrogen (secondary N) is 1. The summed E-state index contributed by atoms with van der Waals surface area (Å²) < 4.78 is 1.12. The molecule has 5 heteroatoms. The molecule has 0 aliphatic heterocycles. The second-order valence-electron chi connectivity index (χ2n) is 1.77. The third-order valence-corrected chi connectivity index (χ3v) is 1.03. The monoisotopic (exact) mass is 150 g/mol. The molecule has 1 aromatic rings. The Morgan fingerprint density at radius 3 is 3.18 bits per heavy atom. The van der Waals surface area contributed by atoms with Crippen molar-refractivity contribution < 1.29 is 4.79 Å². The summed E-state index contributed by atoms with van der Waals surface area (Å²) in [4.78, 5) is 10.9. The fourth-order valence-electron chi connectivity index (χ4n) is 0.585. The first-order chi connectivity index (χ1) is 5.34. The van der Waals surface area contributed by atoms with Crippen molar-refractivity contribution in [3.8, 4) is 6.07 Å². The Morgan fingerprint density at radius 1 is 1.82 bits per heavy atom. The second kappa shape index (κ2) is 3.37. The summed E-state index contributed by atoms with van der Waals surface area (Å²) in [5.74, 6) is 0. The van der Waals surface area contributed by atoms with Gasteiger partial charge in [0.2, 0.25) is 0 Å². The standard InChI is InChI=1S/C6H6N4O/c7-2-4-8-6(11)10-5-1-3-9-10/h1,3,5H,4H2,(H,8,11). The van der Waals surface area contributed by atoms with E-state index in [1.165, 1.54) is 12.4 Å². The van der Waals surface area contributed by atoms with Gasteiger partial charge in [0.1, 0.15) is 6.54 Å². The summed E-state index contributed by atoms with van der Waals surface area (Å²) in [6.07, 6.45) is 3.00. The number of hydrogen-bond acceptors (Lipinski definition) is 3. The van der Waals surface area contributed by atoms with Crippen LogP contribution in [0.25, 0.3) is 0 Å². The quantitative estimate of drug-likeness (QED) is 0.571. The minimum atomic E-state index is -0.392. The number of hydrogen-bond donors (Lipinski definition) is 1. The molecular formula is C6H6N4O. The average molecular weight is 150 g/mol. The predicted octanol–water partition coefficient (Wildman–Crippen LogP) is -0.0356. The highest BCUT2D eigenvalue weighted by atomic mass is 16.2. The van der Waals surface area contributed by atoms with E-state index in [2.05, 4.69) is 10.4 Å². The zero-order chi connectivity index (χ0) is 8.10. The highest BCUT2D eigenvalue weighted by Gasteiger charge is 2.00. The van der Waals surface area contributed by atoms with Gasteiger partial charge < -0.3 is 5.32 Å². The smallest absolute Gasteiger partial charge is 0.323 e. The van der Waals surface area contributed by atoms with E-state index in [-0.39, 0.29) is 6.54 Å². The maximum absolute atomic E-state index is 10.9. The Labute approximate surface area is 63.2 Å². The Kier molecular flexibility index (Phi) is 2.23. The Morgan fingerprint density at radius 2 is 2.64 bits per heavy atom. The fraction of sp³-hybridized carbons (Fsp3) is 0.167. The molecule has 1 N–H and O–H groups in total. The first kappa shape index (κ1) is 7.28. The Hall–Kier alpha value is -1.83. The molecule has 0 bridgehead atoms. The highest BCUT2D eigenvalue weighted by Crippen LogP contribution is 1.81. The largest absolute Gasteiger partial charge is 0.342 e. The van der Waals surface area contributed by atoms with Crippen LogP contribution in [0.15, 0.2) is 18.5 Å². The topological polar surface area (TPSA) is 70.7 Å². The molecule has 11 heavy (non-hydrogen) atoms. The van der Waals surface area contributed by atoms with Gasteiger partial charge in [0.05, 0.1) is 6.07 Å². The van der Waals surface area contributed by atoms with Gasteiger partial charge in [-0.15, -0.1) is 0 Å². The molecule has 0 saturated heterocycles. The van der Waals surface area contributed by atoms with Crippen LogP contribution in [-0.4, -0.2) is 22.4 Å². The molecule has 0 radical (unpaired) electrons. The van der Waals surface area contributed by atoms with E-state index in [1.807, 2.05) is 0 Å². The minimum absolute atomic E-state index is 0.00130. The zero-order valence-corrected chi connectivity index (χ0v) is 5.69. The minimum Gasteiger partial charge on any atom is -0.323 e. The molecule has 56 valence electrons. The summed E-state index contributed by atoms with van der Waals surface area (Å²) in [6.45, 7) is -0.00130. The van der Waals surface area contributed by atoms with Crippen molar-refractivity contribution in [3.63, 3.8) is 0 Å². The summed E-state index contributed by atoms with van der Waals surface area (Å²) >= 11 is 0. The maximum atomic E-state index is 10.9. The van der Waals surface area contributed by atoms with Gasteiger partial charge in [0.25, 0.3) is 0 Å². The predicted molar refractivity (Wildman–Crippen MR) is 36.6 cm³/mol.